The van der Waals surface area contributed by atoms with Crippen LogP contribution in [0.25, 0.3) is 0 Å². The summed E-state index contributed by atoms with van der Waals surface area (Å²) in [6.45, 7) is 0. The van der Waals surface area contributed by atoms with Gasteiger partial charge in [0.1, 0.15) is 0 Å². The first-order valence-electron chi connectivity index (χ1n) is 4.31. The van der Waals surface area contributed by atoms with Crippen LogP contribution in [-0.4, -0.2) is 41.3 Å². The minimum Gasteiger partial charge on any atom is -0.479 e. The second kappa shape index (κ2) is 2.90. The number of ether oxygens (including phenoxy) is 1. The molecule has 0 radical (unpaired) electrons. The molecule has 0 amide bonds. The molecule has 5 nitrogen and oxygen atoms in total. The predicted molar refractivity (Wildman–Crippen MR) is 48.1 cm³/mol. The van der Waals surface area contributed by atoms with E-state index in [-0.39, 0.29) is 5.92 Å². The minimum absolute atomic E-state index is 0.0928. The van der Waals surface area contributed by atoms with Gasteiger partial charge in [0, 0.05) is 24.8 Å². The maximum Gasteiger partial charge on any atom is 0.332 e. The first-order chi connectivity index (χ1) is 6.60. The van der Waals surface area contributed by atoms with Crippen LogP contribution < -0.4 is 0 Å². The fraction of sp³-hybridized carbons (Fsp3) is 0.556. The van der Waals surface area contributed by atoms with Crippen molar-refractivity contribution in [3.63, 3.8) is 0 Å². The molecule has 0 spiro atoms. The standard InChI is InChI=1S/C9H11NO4/c1-14-7(11)5-2-6-3-9(6,8(12)13)10-4-5/h2,4,6-7,11H,3H2,1H3,(H,12,13). The number of aliphatic hydroxyl groups excluding tert-OH is 1. The summed E-state index contributed by atoms with van der Waals surface area (Å²) in [6.07, 6.45) is 2.60. The van der Waals surface area contributed by atoms with E-state index in [1.165, 1.54) is 13.3 Å². The van der Waals surface area contributed by atoms with Gasteiger partial charge in [0.25, 0.3) is 0 Å². The first kappa shape index (κ1) is 9.36. The zero-order valence-electron chi connectivity index (χ0n) is 7.67. The highest BCUT2D eigenvalue weighted by atomic mass is 16.6. The van der Waals surface area contributed by atoms with E-state index >= 15 is 0 Å². The second-order valence-corrected chi connectivity index (χ2v) is 3.55. The van der Waals surface area contributed by atoms with E-state index in [1.54, 1.807) is 6.08 Å². The van der Waals surface area contributed by atoms with Gasteiger partial charge in [-0.3, -0.25) is 4.99 Å². The van der Waals surface area contributed by atoms with Gasteiger partial charge in [-0.25, -0.2) is 4.79 Å². The maximum absolute atomic E-state index is 10.8. The third kappa shape index (κ3) is 1.17. The lowest BCUT2D eigenvalue weighted by Gasteiger charge is -2.14. The van der Waals surface area contributed by atoms with Gasteiger partial charge in [0.2, 0.25) is 0 Å². The molecule has 1 aliphatic heterocycles. The number of fused-ring (bicyclic) bond motifs is 1. The SMILES string of the molecule is COC(O)C1=CC2CC2(C(=O)O)N=C1. The molecule has 5 heteroatoms. The number of carboxylic acid groups (broad SMARTS) is 1. The topological polar surface area (TPSA) is 79.1 Å². The molecule has 0 aromatic heterocycles. The van der Waals surface area contributed by atoms with Gasteiger partial charge < -0.3 is 14.9 Å². The third-order valence-corrected chi connectivity index (χ3v) is 2.70. The van der Waals surface area contributed by atoms with E-state index in [0.29, 0.717) is 12.0 Å². The Bertz CT molecular complexity index is 336. The Morgan fingerprint density at radius 2 is 2.57 bits per heavy atom. The summed E-state index contributed by atoms with van der Waals surface area (Å²) < 4.78 is 4.70. The molecule has 2 rings (SSSR count). The van der Waals surface area contributed by atoms with Gasteiger partial charge in [0.05, 0.1) is 0 Å². The van der Waals surface area contributed by atoms with Crippen molar-refractivity contribution >= 4 is 12.2 Å². The summed E-state index contributed by atoms with van der Waals surface area (Å²) in [5.41, 5.74) is -0.413. The number of rotatable bonds is 3. The van der Waals surface area contributed by atoms with Crippen LogP contribution in [0, 0.1) is 5.92 Å². The van der Waals surface area contributed by atoms with Crippen LogP contribution in [0.15, 0.2) is 16.6 Å². The van der Waals surface area contributed by atoms with Crippen LogP contribution in [0.5, 0.6) is 0 Å². The van der Waals surface area contributed by atoms with Crippen molar-refractivity contribution in [2.75, 3.05) is 7.11 Å². The molecule has 0 aromatic rings. The molecule has 1 fully saturated rings. The molecule has 1 saturated carbocycles. The maximum atomic E-state index is 10.8. The van der Waals surface area contributed by atoms with Gasteiger partial charge in [-0.05, 0) is 6.42 Å². The number of hydrogen-bond donors (Lipinski definition) is 2. The van der Waals surface area contributed by atoms with Crippen molar-refractivity contribution in [2.24, 2.45) is 10.9 Å². The van der Waals surface area contributed by atoms with Gasteiger partial charge in [-0.2, -0.15) is 0 Å². The Hall–Kier alpha value is -1.20. The molecule has 0 aromatic carbocycles. The Balaban J connectivity index is 2.16. The second-order valence-electron chi connectivity index (χ2n) is 3.55. The van der Waals surface area contributed by atoms with Gasteiger partial charge >= 0.3 is 5.97 Å². The summed E-state index contributed by atoms with van der Waals surface area (Å²) in [7, 11) is 1.38. The molecular formula is C9H11NO4. The number of aliphatic hydroxyl groups is 1. The Morgan fingerprint density at radius 1 is 1.86 bits per heavy atom. The zero-order chi connectivity index (χ0) is 10.3. The molecule has 3 atom stereocenters. The molecular weight excluding hydrogens is 186 g/mol. The van der Waals surface area contributed by atoms with Crippen LogP contribution in [-0.2, 0) is 9.53 Å². The van der Waals surface area contributed by atoms with E-state index in [4.69, 9.17) is 9.84 Å². The molecule has 0 bridgehead atoms. The van der Waals surface area contributed by atoms with Crippen molar-refractivity contribution in [3.8, 4) is 0 Å². The van der Waals surface area contributed by atoms with Crippen LogP contribution in [0.2, 0.25) is 0 Å². The molecule has 1 aliphatic carbocycles. The smallest absolute Gasteiger partial charge is 0.332 e. The van der Waals surface area contributed by atoms with Crippen molar-refractivity contribution in [1.82, 2.24) is 0 Å². The number of hydrogen-bond acceptors (Lipinski definition) is 4. The van der Waals surface area contributed by atoms with Crippen molar-refractivity contribution in [2.45, 2.75) is 18.2 Å². The molecule has 0 saturated heterocycles. The van der Waals surface area contributed by atoms with Gasteiger partial charge in [0.15, 0.2) is 11.8 Å². The minimum atomic E-state index is -1.01. The number of aliphatic imine (C=N–C) groups is 1. The fourth-order valence-electron chi connectivity index (χ4n) is 1.67. The van der Waals surface area contributed by atoms with E-state index in [1.807, 2.05) is 0 Å². The molecule has 2 aliphatic rings. The summed E-state index contributed by atoms with van der Waals surface area (Å²) in [5, 5.41) is 18.2. The number of methoxy groups -OCH3 is 1. The molecule has 1 heterocycles. The third-order valence-electron chi connectivity index (χ3n) is 2.70. The van der Waals surface area contributed by atoms with Crippen molar-refractivity contribution in [1.29, 1.82) is 0 Å². The number of dihydropyridines is 1. The first-order valence-corrected chi connectivity index (χ1v) is 4.31. The lowest BCUT2D eigenvalue weighted by molar-refractivity contribution is -0.139. The number of nitrogens with zero attached hydrogens (tertiary/aromatic N) is 1. The quantitative estimate of drug-likeness (QED) is 0.614. The Labute approximate surface area is 80.7 Å². The van der Waals surface area contributed by atoms with E-state index in [2.05, 4.69) is 4.99 Å². The predicted octanol–water partition coefficient (Wildman–Crippen LogP) is -0.195. The average Bonchev–Trinajstić information content (AvgIpc) is 2.90. The van der Waals surface area contributed by atoms with Crippen LogP contribution in [0.1, 0.15) is 6.42 Å². The summed E-state index contributed by atoms with van der Waals surface area (Å²) in [4.78, 5) is 14.8. The van der Waals surface area contributed by atoms with Crippen molar-refractivity contribution < 1.29 is 19.7 Å². The van der Waals surface area contributed by atoms with E-state index in [9.17, 15) is 9.90 Å². The van der Waals surface area contributed by atoms with Gasteiger partial charge in [-0.1, -0.05) is 6.08 Å². The highest BCUT2D eigenvalue weighted by Gasteiger charge is 2.61. The van der Waals surface area contributed by atoms with Crippen LogP contribution in [0.4, 0.5) is 0 Å². The normalized spacial score (nSPS) is 35.9. The number of carboxylic acids is 1. The molecule has 76 valence electrons. The summed E-state index contributed by atoms with van der Waals surface area (Å²) >= 11 is 0. The van der Waals surface area contributed by atoms with Crippen LogP contribution in [0.3, 0.4) is 0 Å². The summed E-state index contributed by atoms with van der Waals surface area (Å²) in [6, 6.07) is 0. The van der Waals surface area contributed by atoms with Crippen molar-refractivity contribution in [3.05, 3.63) is 11.6 Å². The Morgan fingerprint density at radius 3 is 3.07 bits per heavy atom. The fourth-order valence-corrected chi connectivity index (χ4v) is 1.67. The number of aliphatic carboxylic acids is 1. The molecule has 3 unspecified atom stereocenters. The molecule has 14 heavy (non-hydrogen) atoms. The highest BCUT2D eigenvalue weighted by Crippen LogP contribution is 2.50. The Kier molecular flexibility index (Phi) is 1.94. The van der Waals surface area contributed by atoms with Gasteiger partial charge in [-0.15, -0.1) is 0 Å². The van der Waals surface area contributed by atoms with E-state index < -0.39 is 17.8 Å². The lowest BCUT2D eigenvalue weighted by atomic mass is 10.1. The van der Waals surface area contributed by atoms with E-state index in [0.717, 1.165) is 0 Å². The molecule has 2 N–H and O–H groups in total. The largest absolute Gasteiger partial charge is 0.479 e. The monoisotopic (exact) mass is 197 g/mol. The lowest BCUT2D eigenvalue weighted by Crippen LogP contribution is -2.26. The summed E-state index contributed by atoms with van der Waals surface area (Å²) in [5.74, 6) is -0.995. The highest BCUT2D eigenvalue weighted by molar-refractivity contribution is 5.92. The average molecular weight is 197 g/mol. The zero-order valence-corrected chi connectivity index (χ0v) is 7.67. The van der Waals surface area contributed by atoms with Crippen LogP contribution >= 0.6 is 0 Å². The number of carbonyl (C=O) groups is 1.